The molecule has 1 N–H and O–H groups in total. The van der Waals surface area contributed by atoms with Gasteiger partial charge in [0.2, 0.25) is 0 Å². The van der Waals surface area contributed by atoms with E-state index in [1.54, 1.807) is 17.4 Å². The summed E-state index contributed by atoms with van der Waals surface area (Å²) in [4.78, 5) is 1.15. The Labute approximate surface area is 136 Å². The van der Waals surface area contributed by atoms with Gasteiger partial charge in [-0.15, -0.1) is 11.3 Å². The summed E-state index contributed by atoms with van der Waals surface area (Å²) in [5, 5.41) is 3.42. The van der Waals surface area contributed by atoms with Gasteiger partial charge in [-0.1, -0.05) is 40.5 Å². The largest absolute Gasteiger partial charge is 0.309 e. The van der Waals surface area contributed by atoms with Gasteiger partial charge in [-0.25, -0.2) is 4.39 Å². The molecule has 1 aromatic carbocycles. The Morgan fingerprint density at radius 3 is 2.75 bits per heavy atom. The monoisotopic (exact) mass is 375 g/mol. The zero-order valence-corrected chi connectivity index (χ0v) is 14.3. The van der Waals surface area contributed by atoms with Crippen molar-refractivity contribution in [3.05, 3.63) is 55.4 Å². The molecule has 0 amide bonds. The van der Waals surface area contributed by atoms with E-state index in [1.165, 1.54) is 6.07 Å². The first-order chi connectivity index (χ1) is 9.61. The summed E-state index contributed by atoms with van der Waals surface area (Å²) < 4.78 is 15.7. The number of hydrogen-bond acceptors (Lipinski definition) is 2. The van der Waals surface area contributed by atoms with Crippen LogP contribution >= 0.6 is 38.9 Å². The Morgan fingerprint density at radius 2 is 2.15 bits per heavy atom. The second kappa shape index (κ2) is 7.55. The van der Waals surface area contributed by atoms with Crippen LogP contribution in [-0.2, 0) is 6.42 Å². The van der Waals surface area contributed by atoms with Crippen molar-refractivity contribution in [2.45, 2.75) is 25.8 Å². The van der Waals surface area contributed by atoms with E-state index in [1.807, 2.05) is 18.2 Å². The predicted octanol–water partition coefficient (Wildman–Crippen LogP) is 5.59. The molecule has 0 spiro atoms. The van der Waals surface area contributed by atoms with Crippen molar-refractivity contribution < 1.29 is 4.39 Å². The van der Waals surface area contributed by atoms with Gasteiger partial charge < -0.3 is 5.32 Å². The maximum atomic E-state index is 14.1. The molecule has 0 aliphatic carbocycles. The van der Waals surface area contributed by atoms with Crippen LogP contribution in [0.1, 0.15) is 29.8 Å². The van der Waals surface area contributed by atoms with E-state index in [-0.39, 0.29) is 11.9 Å². The van der Waals surface area contributed by atoms with Crippen molar-refractivity contribution >= 4 is 38.9 Å². The molecule has 108 valence electrons. The minimum atomic E-state index is -0.185. The molecule has 0 aliphatic heterocycles. The minimum Gasteiger partial charge on any atom is -0.309 e. The van der Waals surface area contributed by atoms with Crippen LogP contribution in [0, 0.1) is 5.82 Å². The third-order valence-corrected chi connectivity index (χ3v) is 4.97. The maximum absolute atomic E-state index is 14.1. The number of benzene rings is 1. The van der Waals surface area contributed by atoms with Crippen molar-refractivity contribution in [3.8, 4) is 0 Å². The highest BCUT2D eigenvalue weighted by Crippen LogP contribution is 2.31. The van der Waals surface area contributed by atoms with E-state index in [0.717, 1.165) is 33.1 Å². The highest BCUT2D eigenvalue weighted by Gasteiger charge is 2.19. The molecule has 0 bridgehead atoms. The third kappa shape index (κ3) is 4.04. The molecular weight excluding hydrogens is 361 g/mol. The van der Waals surface area contributed by atoms with Crippen LogP contribution in [0.15, 0.2) is 34.8 Å². The first-order valence-electron chi connectivity index (χ1n) is 6.53. The van der Waals surface area contributed by atoms with Crippen molar-refractivity contribution in [2.75, 3.05) is 6.54 Å². The summed E-state index contributed by atoms with van der Waals surface area (Å²) in [5.74, 6) is -0.185. The standard InChI is InChI=1S/C15H16BrClFNS/c1-2-8-19-13(9-10-6-7-14(17)20-10)15-11(16)4-3-5-12(15)18/h3-7,13,19H,2,8-9H2,1H3. The molecule has 0 fully saturated rings. The summed E-state index contributed by atoms with van der Waals surface area (Å²) >= 11 is 11.0. The Morgan fingerprint density at radius 1 is 1.35 bits per heavy atom. The molecule has 1 nitrogen and oxygen atoms in total. The Hall–Kier alpha value is -0.420. The fraction of sp³-hybridized carbons (Fsp3) is 0.333. The number of hydrogen-bond donors (Lipinski definition) is 1. The summed E-state index contributed by atoms with van der Waals surface area (Å²) in [6.07, 6.45) is 1.74. The molecule has 0 aliphatic rings. The second-order valence-electron chi connectivity index (χ2n) is 4.55. The second-order valence-corrected chi connectivity index (χ2v) is 7.21. The zero-order chi connectivity index (χ0) is 14.5. The van der Waals surface area contributed by atoms with Crippen molar-refractivity contribution in [1.29, 1.82) is 0 Å². The molecular formula is C15H16BrClFNS. The number of rotatable bonds is 6. The van der Waals surface area contributed by atoms with Gasteiger partial charge in [0.25, 0.3) is 0 Å². The number of halogens is 3. The molecule has 0 saturated carbocycles. The fourth-order valence-corrected chi connectivity index (χ4v) is 3.85. The number of nitrogens with one attached hydrogen (secondary N) is 1. The van der Waals surface area contributed by atoms with E-state index in [2.05, 4.69) is 28.2 Å². The zero-order valence-electron chi connectivity index (χ0n) is 11.1. The van der Waals surface area contributed by atoms with Gasteiger partial charge in [0.05, 0.1) is 4.34 Å². The molecule has 5 heteroatoms. The molecule has 2 aromatic rings. The van der Waals surface area contributed by atoms with Crippen LogP contribution in [-0.4, -0.2) is 6.54 Å². The van der Waals surface area contributed by atoms with Gasteiger partial charge >= 0.3 is 0 Å². The fourth-order valence-electron chi connectivity index (χ4n) is 2.10. The molecule has 20 heavy (non-hydrogen) atoms. The molecule has 1 atom stereocenters. The predicted molar refractivity (Wildman–Crippen MR) is 88.2 cm³/mol. The molecule has 0 radical (unpaired) electrons. The van der Waals surface area contributed by atoms with E-state index in [0.29, 0.717) is 5.56 Å². The minimum absolute atomic E-state index is 0.0553. The highest BCUT2D eigenvalue weighted by atomic mass is 79.9. The normalized spacial score (nSPS) is 12.6. The summed E-state index contributed by atoms with van der Waals surface area (Å²) in [6, 6.07) is 8.92. The van der Waals surface area contributed by atoms with Crippen LogP contribution in [0.3, 0.4) is 0 Å². The Kier molecular flexibility index (Phi) is 6.02. The molecule has 0 saturated heterocycles. The van der Waals surface area contributed by atoms with Gasteiger partial charge in [0, 0.05) is 27.4 Å². The van der Waals surface area contributed by atoms with Gasteiger partial charge in [0.1, 0.15) is 5.82 Å². The lowest BCUT2D eigenvalue weighted by atomic mass is 10.0. The lowest BCUT2D eigenvalue weighted by molar-refractivity contribution is 0.497. The van der Waals surface area contributed by atoms with E-state index >= 15 is 0 Å². The van der Waals surface area contributed by atoms with Gasteiger partial charge in [0.15, 0.2) is 0 Å². The summed E-state index contributed by atoms with van der Waals surface area (Å²) in [5.41, 5.74) is 0.686. The average molecular weight is 377 g/mol. The lowest BCUT2D eigenvalue weighted by Gasteiger charge is -2.20. The SMILES string of the molecule is CCCNC(Cc1ccc(Cl)s1)c1c(F)cccc1Br. The Bertz CT molecular complexity index is 553. The maximum Gasteiger partial charge on any atom is 0.129 e. The molecule has 2 rings (SSSR count). The smallest absolute Gasteiger partial charge is 0.129 e. The molecule has 1 heterocycles. The quantitative estimate of drug-likeness (QED) is 0.693. The number of thiophene rings is 1. The van der Waals surface area contributed by atoms with Gasteiger partial charge in [-0.05, 0) is 37.2 Å². The first-order valence-corrected chi connectivity index (χ1v) is 8.52. The van der Waals surface area contributed by atoms with Crippen LogP contribution in [0.5, 0.6) is 0 Å². The van der Waals surface area contributed by atoms with Crippen molar-refractivity contribution in [1.82, 2.24) is 5.32 Å². The summed E-state index contributed by atoms with van der Waals surface area (Å²) in [7, 11) is 0. The average Bonchev–Trinajstić information content (AvgIpc) is 2.81. The summed E-state index contributed by atoms with van der Waals surface area (Å²) in [6.45, 7) is 2.95. The first kappa shape index (κ1) is 16.0. The van der Waals surface area contributed by atoms with Crippen LogP contribution in [0.2, 0.25) is 4.34 Å². The van der Waals surface area contributed by atoms with Crippen molar-refractivity contribution in [3.63, 3.8) is 0 Å². The highest BCUT2D eigenvalue weighted by molar-refractivity contribution is 9.10. The van der Waals surface area contributed by atoms with Crippen molar-refractivity contribution in [2.24, 2.45) is 0 Å². The van der Waals surface area contributed by atoms with Crippen LogP contribution < -0.4 is 5.32 Å². The van der Waals surface area contributed by atoms with Crippen LogP contribution in [0.4, 0.5) is 4.39 Å². The van der Waals surface area contributed by atoms with E-state index in [4.69, 9.17) is 11.6 Å². The lowest BCUT2D eigenvalue weighted by Crippen LogP contribution is -2.25. The van der Waals surface area contributed by atoms with Gasteiger partial charge in [-0.2, -0.15) is 0 Å². The molecule has 1 aromatic heterocycles. The topological polar surface area (TPSA) is 12.0 Å². The van der Waals surface area contributed by atoms with E-state index in [9.17, 15) is 4.39 Å². The van der Waals surface area contributed by atoms with Crippen LogP contribution in [0.25, 0.3) is 0 Å². The molecule has 1 unspecified atom stereocenters. The van der Waals surface area contributed by atoms with Gasteiger partial charge in [-0.3, -0.25) is 0 Å². The van der Waals surface area contributed by atoms with E-state index < -0.39 is 0 Å². The third-order valence-electron chi connectivity index (χ3n) is 3.02. The Balaban J connectivity index is 2.27.